The third-order valence-corrected chi connectivity index (χ3v) is 4.36. The third kappa shape index (κ3) is 4.57. The number of carbonyl (C=O) groups is 1. The number of ether oxygens (including phenoxy) is 1. The molecule has 0 spiro atoms. The summed E-state index contributed by atoms with van der Waals surface area (Å²) in [6.45, 7) is -0.539. The number of hydrogen-bond donors (Lipinski definition) is 1. The van der Waals surface area contributed by atoms with Crippen molar-refractivity contribution in [3.8, 4) is 5.88 Å². The Labute approximate surface area is 171 Å². The van der Waals surface area contributed by atoms with E-state index < -0.39 is 24.3 Å². The fraction of sp³-hybridized carbons (Fsp3) is 0.118. The average Bonchev–Trinajstić information content (AvgIpc) is 2.61. The van der Waals surface area contributed by atoms with Crippen molar-refractivity contribution in [2.75, 3.05) is 11.9 Å². The van der Waals surface area contributed by atoms with Gasteiger partial charge < -0.3 is 10.1 Å². The van der Waals surface area contributed by atoms with Gasteiger partial charge in [0.2, 0.25) is 5.88 Å². The number of halogens is 6. The zero-order valence-corrected chi connectivity index (χ0v) is 15.9. The molecule has 3 rings (SSSR count). The van der Waals surface area contributed by atoms with Crippen molar-refractivity contribution in [3.63, 3.8) is 0 Å². The van der Waals surface area contributed by atoms with Crippen molar-refractivity contribution in [2.24, 2.45) is 0 Å². The number of nitrogens with zero attached hydrogens (tertiary/aromatic N) is 2. The van der Waals surface area contributed by atoms with Crippen LogP contribution in [0.5, 0.6) is 5.88 Å². The summed E-state index contributed by atoms with van der Waals surface area (Å²) >= 11 is 17.9. The van der Waals surface area contributed by atoms with E-state index >= 15 is 0 Å². The Kier molecular flexibility index (Phi) is 5.83. The third-order valence-electron chi connectivity index (χ3n) is 3.53. The van der Waals surface area contributed by atoms with Gasteiger partial charge in [-0.1, -0.05) is 34.8 Å². The summed E-state index contributed by atoms with van der Waals surface area (Å²) in [4.78, 5) is 20.0. The van der Waals surface area contributed by atoms with Gasteiger partial charge >= 0.3 is 6.18 Å². The van der Waals surface area contributed by atoms with E-state index in [2.05, 4.69) is 15.3 Å². The van der Waals surface area contributed by atoms with Crippen LogP contribution in [0.15, 0.2) is 36.7 Å². The van der Waals surface area contributed by atoms with Gasteiger partial charge in [-0.25, -0.2) is 9.97 Å². The molecule has 2 aromatic carbocycles. The first-order valence-corrected chi connectivity index (χ1v) is 8.67. The van der Waals surface area contributed by atoms with Gasteiger partial charge in [0.05, 0.1) is 32.2 Å². The lowest BCUT2D eigenvalue weighted by molar-refractivity contribution is -0.137. The van der Waals surface area contributed by atoms with Crippen molar-refractivity contribution >= 4 is 57.3 Å². The number of nitrogens with one attached hydrogen (secondary N) is 1. The smallest absolute Gasteiger partial charge is 0.416 e. The highest BCUT2D eigenvalue weighted by Crippen LogP contribution is 2.34. The minimum atomic E-state index is -4.57. The summed E-state index contributed by atoms with van der Waals surface area (Å²) in [5, 5.41) is 3.19. The molecule has 11 heteroatoms. The highest BCUT2D eigenvalue weighted by atomic mass is 35.5. The normalized spacial score (nSPS) is 11.5. The second-order valence-electron chi connectivity index (χ2n) is 5.49. The van der Waals surface area contributed by atoms with Crippen LogP contribution in [0.1, 0.15) is 5.56 Å². The maximum absolute atomic E-state index is 12.8. The molecule has 0 fully saturated rings. The van der Waals surface area contributed by atoms with Gasteiger partial charge in [-0.15, -0.1) is 0 Å². The van der Waals surface area contributed by atoms with Crippen molar-refractivity contribution in [1.29, 1.82) is 0 Å². The molecule has 0 unspecified atom stereocenters. The molecule has 0 aliphatic rings. The van der Waals surface area contributed by atoms with Crippen LogP contribution in [-0.4, -0.2) is 22.5 Å². The monoisotopic (exact) mass is 449 g/mol. The zero-order valence-electron chi connectivity index (χ0n) is 13.6. The van der Waals surface area contributed by atoms with Gasteiger partial charge in [0.25, 0.3) is 5.91 Å². The molecular formula is C17H9Cl3F3N3O2. The van der Waals surface area contributed by atoms with E-state index in [1.54, 1.807) is 0 Å². The largest absolute Gasteiger partial charge is 0.467 e. The van der Waals surface area contributed by atoms with Gasteiger partial charge in [-0.3, -0.25) is 4.79 Å². The molecule has 3 aromatic rings. The first-order valence-electron chi connectivity index (χ1n) is 7.54. The lowest BCUT2D eigenvalue weighted by Gasteiger charge is -2.12. The second-order valence-corrected chi connectivity index (χ2v) is 6.74. The molecule has 1 N–H and O–H groups in total. The average molecular weight is 451 g/mol. The molecule has 0 radical (unpaired) electrons. The van der Waals surface area contributed by atoms with Crippen molar-refractivity contribution < 1.29 is 22.7 Å². The predicted molar refractivity (Wildman–Crippen MR) is 100 cm³/mol. The Morgan fingerprint density at radius 2 is 1.82 bits per heavy atom. The van der Waals surface area contributed by atoms with Crippen LogP contribution < -0.4 is 10.1 Å². The van der Waals surface area contributed by atoms with E-state index in [0.29, 0.717) is 15.9 Å². The van der Waals surface area contributed by atoms with Gasteiger partial charge in [0.1, 0.15) is 6.33 Å². The molecule has 1 heterocycles. The number of alkyl halides is 3. The molecular weight excluding hydrogens is 442 g/mol. The van der Waals surface area contributed by atoms with Gasteiger partial charge in [0, 0.05) is 5.02 Å². The van der Waals surface area contributed by atoms with Gasteiger partial charge in [-0.05, 0) is 30.3 Å². The van der Waals surface area contributed by atoms with Crippen LogP contribution in [0.2, 0.25) is 15.1 Å². The second kappa shape index (κ2) is 7.98. The summed E-state index contributed by atoms with van der Waals surface area (Å²) in [6, 6.07) is 5.60. The van der Waals surface area contributed by atoms with Crippen molar-refractivity contribution in [2.45, 2.75) is 6.18 Å². The number of hydrogen-bond acceptors (Lipinski definition) is 4. The lowest BCUT2D eigenvalue weighted by Crippen LogP contribution is -2.21. The standard InChI is InChI=1S/C17H9Cl3F3N3O2/c18-9-4-10-15(12(20)5-9)24-7-25-16(10)28-6-14(27)26-13-3-8(17(21,22)23)1-2-11(13)19/h1-5,7H,6H2,(H,26,27). The molecule has 5 nitrogen and oxygen atoms in total. The van der Waals surface area contributed by atoms with E-state index in [0.717, 1.165) is 18.2 Å². The number of rotatable bonds is 4. The van der Waals surface area contributed by atoms with Gasteiger partial charge in [0.15, 0.2) is 6.61 Å². The molecule has 0 saturated carbocycles. The predicted octanol–water partition coefficient (Wildman–Crippen LogP) is 5.63. The summed E-state index contributed by atoms with van der Waals surface area (Å²) in [5.41, 5.74) is -0.764. The Morgan fingerprint density at radius 3 is 2.54 bits per heavy atom. The van der Waals surface area contributed by atoms with E-state index in [1.807, 2.05) is 0 Å². The van der Waals surface area contributed by atoms with E-state index in [-0.39, 0.29) is 21.6 Å². The molecule has 0 saturated heterocycles. The van der Waals surface area contributed by atoms with Crippen LogP contribution in [0.4, 0.5) is 18.9 Å². The van der Waals surface area contributed by atoms with Gasteiger partial charge in [-0.2, -0.15) is 13.2 Å². The lowest BCUT2D eigenvalue weighted by atomic mass is 10.2. The molecule has 0 bridgehead atoms. The Bertz CT molecular complexity index is 1060. The van der Waals surface area contributed by atoms with Crippen LogP contribution in [-0.2, 0) is 11.0 Å². The minimum absolute atomic E-state index is 0.0414. The fourth-order valence-electron chi connectivity index (χ4n) is 2.30. The highest BCUT2D eigenvalue weighted by molar-refractivity contribution is 6.38. The van der Waals surface area contributed by atoms with E-state index in [1.165, 1.54) is 18.5 Å². The first-order chi connectivity index (χ1) is 13.1. The molecule has 1 amide bonds. The quantitative estimate of drug-likeness (QED) is 0.560. The fourth-order valence-corrected chi connectivity index (χ4v) is 3.01. The number of benzene rings is 2. The SMILES string of the molecule is O=C(COc1ncnc2c(Cl)cc(Cl)cc12)Nc1cc(C(F)(F)F)ccc1Cl. The molecule has 0 atom stereocenters. The Hall–Kier alpha value is -2.29. The highest BCUT2D eigenvalue weighted by Gasteiger charge is 2.31. The summed E-state index contributed by atoms with van der Waals surface area (Å²) < 4.78 is 43.8. The maximum Gasteiger partial charge on any atom is 0.416 e. The van der Waals surface area contributed by atoms with Crippen molar-refractivity contribution in [3.05, 3.63) is 57.3 Å². The summed E-state index contributed by atoms with van der Waals surface area (Å²) in [7, 11) is 0. The Morgan fingerprint density at radius 1 is 1.07 bits per heavy atom. The molecule has 1 aromatic heterocycles. The number of anilines is 1. The number of amides is 1. The zero-order chi connectivity index (χ0) is 20.5. The maximum atomic E-state index is 12.8. The van der Waals surface area contributed by atoms with E-state index in [9.17, 15) is 18.0 Å². The first kappa shape index (κ1) is 20.4. The van der Waals surface area contributed by atoms with Crippen LogP contribution >= 0.6 is 34.8 Å². The summed E-state index contributed by atoms with van der Waals surface area (Å²) in [6.07, 6.45) is -3.38. The van der Waals surface area contributed by atoms with E-state index in [4.69, 9.17) is 39.5 Å². The van der Waals surface area contributed by atoms with Crippen molar-refractivity contribution in [1.82, 2.24) is 9.97 Å². The topological polar surface area (TPSA) is 64.1 Å². The number of fused-ring (bicyclic) bond motifs is 1. The van der Waals surface area contributed by atoms with Crippen LogP contribution in [0.25, 0.3) is 10.9 Å². The van der Waals surface area contributed by atoms with Crippen LogP contribution in [0.3, 0.4) is 0 Å². The molecule has 0 aliphatic heterocycles. The molecule has 0 aliphatic carbocycles. The van der Waals surface area contributed by atoms with Crippen LogP contribution in [0, 0.1) is 0 Å². The number of carbonyl (C=O) groups excluding carboxylic acids is 1. The number of aromatic nitrogens is 2. The Balaban J connectivity index is 1.76. The summed E-state index contributed by atoms with van der Waals surface area (Å²) in [5.74, 6) is -0.694. The molecule has 28 heavy (non-hydrogen) atoms. The molecule has 146 valence electrons. The minimum Gasteiger partial charge on any atom is -0.467 e.